The predicted molar refractivity (Wildman–Crippen MR) is 107 cm³/mol. The van der Waals surface area contributed by atoms with Gasteiger partial charge in [-0.3, -0.25) is 4.79 Å². The van der Waals surface area contributed by atoms with Crippen LogP contribution in [0.4, 0.5) is 11.4 Å². The number of hydrogen-bond donors (Lipinski definition) is 2. The van der Waals surface area contributed by atoms with Crippen LogP contribution < -0.4 is 20.1 Å². The molecule has 0 heterocycles. The van der Waals surface area contributed by atoms with E-state index in [1.165, 1.54) is 20.4 Å². The van der Waals surface area contributed by atoms with Crippen molar-refractivity contribution in [3.63, 3.8) is 0 Å². The molecule has 2 rings (SSSR count). The van der Waals surface area contributed by atoms with Crippen LogP contribution in [0, 0.1) is 11.3 Å². The molecule has 0 aliphatic heterocycles. The molecule has 0 radical (unpaired) electrons. The molecule has 0 bridgehead atoms. The third kappa shape index (κ3) is 4.98. The Hall–Kier alpha value is -2.59. The van der Waals surface area contributed by atoms with Crippen LogP contribution in [0.5, 0.6) is 11.5 Å². The van der Waals surface area contributed by atoms with Crippen LogP contribution in [0.1, 0.15) is 0 Å². The normalized spacial score (nSPS) is 10.7. The van der Waals surface area contributed by atoms with E-state index in [4.69, 9.17) is 44.3 Å². The lowest BCUT2D eigenvalue weighted by Gasteiger charge is -2.12. The molecule has 27 heavy (non-hydrogen) atoms. The number of carbonyl (C=O) groups excluding carboxylic acids is 1. The van der Waals surface area contributed by atoms with Crippen LogP contribution in [-0.2, 0) is 4.79 Å². The minimum absolute atomic E-state index is 0.182. The van der Waals surface area contributed by atoms with Gasteiger partial charge in [-0.2, -0.15) is 5.26 Å². The Morgan fingerprint density at radius 2 is 1.78 bits per heavy atom. The number of benzene rings is 2. The summed E-state index contributed by atoms with van der Waals surface area (Å²) >= 11 is 18.0. The van der Waals surface area contributed by atoms with E-state index < -0.39 is 5.91 Å². The largest absolute Gasteiger partial charge is 0.495 e. The van der Waals surface area contributed by atoms with Crippen molar-refractivity contribution in [1.82, 2.24) is 0 Å². The molecule has 0 aromatic heterocycles. The molecule has 1 amide bonds. The molecule has 0 fully saturated rings. The van der Waals surface area contributed by atoms with Crippen molar-refractivity contribution in [2.45, 2.75) is 0 Å². The number of hydrogen-bond acceptors (Lipinski definition) is 5. The summed E-state index contributed by atoms with van der Waals surface area (Å²) in [5.41, 5.74) is 0.558. The summed E-state index contributed by atoms with van der Waals surface area (Å²) in [5, 5.41) is 15.5. The SMILES string of the molecule is COc1cc(N/C=C(/C#N)C(=O)Nc2cccc(Cl)c2Cl)c(OC)cc1Cl. The van der Waals surface area contributed by atoms with Gasteiger partial charge < -0.3 is 20.1 Å². The molecule has 2 aromatic rings. The molecule has 2 aromatic carbocycles. The average Bonchev–Trinajstić information content (AvgIpc) is 2.66. The van der Waals surface area contributed by atoms with Crippen LogP contribution in [0.3, 0.4) is 0 Å². The smallest absolute Gasteiger partial charge is 0.267 e. The highest BCUT2D eigenvalue weighted by Crippen LogP contribution is 2.36. The molecule has 0 aliphatic carbocycles. The second-order valence-corrected chi connectivity index (χ2v) is 6.25. The predicted octanol–water partition coefficient (Wildman–Crippen LogP) is 5.12. The van der Waals surface area contributed by atoms with Crippen molar-refractivity contribution in [2.75, 3.05) is 24.9 Å². The van der Waals surface area contributed by atoms with E-state index >= 15 is 0 Å². The molecule has 0 aliphatic rings. The highest BCUT2D eigenvalue weighted by atomic mass is 35.5. The lowest BCUT2D eigenvalue weighted by molar-refractivity contribution is -0.112. The van der Waals surface area contributed by atoms with Gasteiger partial charge in [0.1, 0.15) is 23.1 Å². The van der Waals surface area contributed by atoms with E-state index in [-0.39, 0.29) is 15.6 Å². The lowest BCUT2D eigenvalue weighted by atomic mass is 10.2. The standard InChI is InChI=1S/C18H14Cl3N3O3/c1-26-15-7-14(16(27-2)6-12(15)20)23-9-10(8-22)18(25)24-13-5-3-4-11(19)17(13)21/h3-7,9,23H,1-2H3,(H,24,25)/b10-9-. The van der Waals surface area contributed by atoms with E-state index in [2.05, 4.69) is 10.6 Å². The average molecular weight is 427 g/mol. The molecule has 0 spiro atoms. The maximum absolute atomic E-state index is 12.3. The molecule has 0 atom stereocenters. The Morgan fingerprint density at radius 3 is 2.41 bits per heavy atom. The summed E-state index contributed by atoms with van der Waals surface area (Å²) < 4.78 is 10.4. The van der Waals surface area contributed by atoms with Crippen LogP contribution in [-0.4, -0.2) is 20.1 Å². The maximum Gasteiger partial charge on any atom is 0.267 e. The van der Waals surface area contributed by atoms with Gasteiger partial charge in [0.15, 0.2) is 0 Å². The molecule has 0 unspecified atom stereocenters. The third-order valence-electron chi connectivity index (χ3n) is 3.41. The molecule has 0 saturated carbocycles. The zero-order chi connectivity index (χ0) is 20.0. The summed E-state index contributed by atoms with van der Waals surface area (Å²) in [5.74, 6) is 0.156. The summed E-state index contributed by atoms with van der Waals surface area (Å²) in [6, 6.07) is 9.73. The third-order valence-corrected chi connectivity index (χ3v) is 4.53. The van der Waals surface area contributed by atoms with Crippen molar-refractivity contribution in [3.05, 3.63) is 57.2 Å². The molecular weight excluding hydrogens is 413 g/mol. The second-order valence-electron chi connectivity index (χ2n) is 5.06. The number of carbonyl (C=O) groups is 1. The first kappa shape index (κ1) is 20.7. The minimum atomic E-state index is -0.658. The van der Waals surface area contributed by atoms with E-state index in [9.17, 15) is 10.1 Å². The topological polar surface area (TPSA) is 83.4 Å². The summed E-state index contributed by atoms with van der Waals surface area (Å²) in [7, 11) is 2.93. The fraction of sp³-hybridized carbons (Fsp3) is 0.111. The fourth-order valence-corrected chi connectivity index (χ4v) is 2.64. The van der Waals surface area contributed by atoms with E-state index in [0.717, 1.165) is 0 Å². The first-order chi connectivity index (χ1) is 12.9. The lowest BCUT2D eigenvalue weighted by Crippen LogP contribution is -2.15. The molecule has 140 valence electrons. The van der Waals surface area contributed by atoms with Gasteiger partial charge in [0.05, 0.1) is 40.7 Å². The number of ether oxygens (including phenoxy) is 2. The highest BCUT2D eigenvalue weighted by molar-refractivity contribution is 6.44. The molecule has 2 N–H and O–H groups in total. The Labute approximate surface area is 171 Å². The molecule has 9 heteroatoms. The number of methoxy groups -OCH3 is 2. The Kier molecular flexibility index (Phi) is 7.19. The Bertz CT molecular complexity index is 939. The van der Waals surface area contributed by atoms with Gasteiger partial charge in [-0.1, -0.05) is 40.9 Å². The van der Waals surface area contributed by atoms with Crippen LogP contribution >= 0.6 is 34.8 Å². The van der Waals surface area contributed by atoms with E-state index in [1.807, 2.05) is 6.07 Å². The summed E-state index contributed by atoms with van der Waals surface area (Å²) in [4.78, 5) is 12.3. The second kappa shape index (κ2) is 9.38. The molecule has 6 nitrogen and oxygen atoms in total. The van der Waals surface area contributed by atoms with Crippen molar-refractivity contribution < 1.29 is 14.3 Å². The monoisotopic (exact) mass is 425 g/mol. The number of anilines is 2. The Balaban J connectivity index is 2.25. The zero-order valence-corrected chi connectivity index (χ0v) is 16.5. The van der Waals surface area contributed by atoms with Crippen LogP contribution in [0.15, 0.2) is 42.1 Å². The van der Waals surface area contributed by atoms with Gasteiger partial charge >= 0.3 is 0 Å². The van der Waals surface area contributed by atoms with E-state index in [0.29, 0.717) is 27.9 Å². The van der Waals surface area contributed by atoms with Gasteiger partial charge in [-0.05, 0) is 12.1 Å². The fourth-order valence-electron chi connectivity index (χ4n) is 2.06. The first-order valence-electron chi connectivity index (χ1n) is 7.45. The number of amides is 1. The zero-order valence-electron chi connectivity index (χ0n) is 14.3. The maximum atomic E-state index is 12.3. The number of rotatable bonds is 6. The highest BCUT2D eigenvalue weighted by Gasteiger charge is 2.14. The number of nitriles is 1. The van der Waals surface area contributed by atoms with Crippen molar-refractivity contribution in [2.24, 2.45) is 0 Å². The van der Waals surface area contributed by atoms with Gasteiger partial charge in [-0.25, -0.2) is 0 Å². The van der Waals surface area contributed by atoms with Gasteiger partial charge in [0.25, 0.3) is 5.91 Å². The Morgan fingerprint density at radius 1 is 1.07 bits per heavy atom. The van der Waals surface area contributed by atoms with Gasteiger partial charge in [0.2, 0.25) is 0 Å². The quantitative estimate of drug-likeness (QED) is 0.494. The molecule has 0 saturated heterocycles. The van der Waals surface area contributed by atoms with Crippen molar-refractivity contribution in [1.29, 1.82) is 5.26 Å². The van der Waals surface area contributed by atoms with Crippen LogP contribution in [0.25, 0.3) is 0 Å². The van der Waals surface area contributed by atoms with E-state index in [1.54, 1.807) is 30.3 Å². The van der Waals surface area contributed by atoms with Crippen molar-refractivity contribution in [3.8, 4) is 17.6 Å². The summed E-state index contributed by atoms with van der Waals surface area (Å²) in [6.45, 7) is 0. The first-order valence-corrected chi connectivity index (χ1v) is 8.58. The molecular formula is C18H14Cl3N3O3. The van der Waals surface area contributed by atoms with Gasteiger partial charge in [0, 0.05) is 18.3 Å². The number of halogens is 3. The number of nitrogens with one attached hydrogen (secondary N) is 2. The van der Waals surface area contributed by atoms with Crippen molar-refractivity contribution >= 4 is 52.1 Å². The minimum Gasteiger partial charge on any atom is -0.495 e. The summed E-state index contributed by atoms with van der Waals surface area (Å²) in [6.07, 6.45) is 1.24. The van der Waals surface area contributed by atoms with Gasteiger partial charge in [-0.15, -0.1) is 0 Å². The van der Waals surface area contributed by atoms with Crippen LogP contribution in [0.2, 0.25) is 15.1 Å². The number of nitrogens with zero attached hydrogens (tertiary/aromatic N) is 1.